The van der Waals surface area contributed by atoms with E-state index in [0.29, 0.717) is 50.0 Å². The summed E-state index contributed by atoms with van der Waals surface area (Å²) in [5, 5.41) is 11.7. The molecule has 2 fully saturated rings. The minimum Gasteiger partial charge on any atom is -0.450 e. The summed E-state index contributed by atoms with van der Waals surface area (Å²) < 4.78 is 4.99. The van der Waals surface area contributed by atoms with E-state index >= 15 is 0 Å². The van der Waals surface area contributed by atoms with E-state index in [0.717, 1.165) is 25.9 Å². The van der Waals surface area contributed by atoms with E-state index < -0.39 is 4.92 Å². The van der Waals surface area contributed by atoms with Crippen LogP contribution in [0.1, 0.15) is 37.0 Å². The van der Waals surface area contributed by atoms with Gasteiger partial charge in [0.1, 0.15) is 5.69 Å². The van der Waals surface area contributed by atoms with E-state index in [1.54, 1.807) is 28.9 Å². The predicted octanol–water partition coefficient (Wildman–Crippen LogP) is 2.75. The molecule has 0 radical (unpaired) electrons. The highest BCUT2D eigenvalue weighted by Gasteiger charge is 2.28. The molecule has 158 valence electrons. The topological polar surface area (TPSA) is 96.2 Å². The van der Waals surface area contributed by atoms with Crippen LogP contribution < -0.4 is 4.90 Å². The third-order valence-electron chi connectivity index (χ3n) is 5.64. The minimum atomic E-state index is -0.414. The van der Waals surface area contributed by atoms with E-state index in [2.05, 4.69) is 6.92 Å². The number of nitro groups is 1. The lowest BCUT2D eigenvalue weighted by Gasteiger charge is -2.34. The molecule has 0 unspecified atom stereocenters. The molecule has 0 aliphatic carbocycles. The molecule has 0 saturated carbocycles. The summed E-state index contributed by atoms with van der Waals surface area (Å²) in [6.45, 7) is 7.33. The molecular formula is C20H28N4O5. The van der Waals surface area contributed by atoms with Crippen molar-refractivity contribution in [1.29, 1.82) is 0 Å². The molecule has 2 amide bonds. The fourth-order valence-electron chi connectivity index (χ4n) is 3.81. The molecule has 2 saturated heterocycles. The van der Waals surface area contributed by atoms with Crippen molar-refractivity contribution in [2.75, 3.05) is 50.8 Å². The van der Waals surface area contributed by atoms with Crippen LogP contribution in [0.2, 0.25) is 0 Å². The molecule has 1 aromatic carbocycles. The van der Waals surface area contributed by atoms with Gasteiger partial charge in [-0.05, 0) is 37.8 Å². The van der Waals surface area contributed by atoms with Gasteiger partial charge in [-0.2, -0.15) is 0 Å². The minimum absolute atomic E-state index is 0.0319. The molecule has 0 atom stereocenters. The molecule has 0 N–H and O–H groups in total. The summed E-state index contributed by atoms with van der Waals surface area (Å²) in [4.78, 5) is 41.1. The third-order valence-corrected chi connectivity index (χ3v) is 5.64. The van der Waals surface area contributed by atoms with Gasteiger partial charge >= 0.3 is 6.09 Å². The van der Waals surface area contributed by atoms with Crippen LogP contribution in [0.25, 0.3) is 0 Å². The van der Waals surface area contributed by atoms with Crippen molar-refractivity contribution in [2.24, 2.45) is 5.92 Å². The largest absolute Gasteiger partial charge is 0.450 e. The van der Waals surface area contributed by atoms with E-state index in [1.165, 1.54) is 6.07 Å². The van der Waals surface area contributed by atoms with Crippen LogP contribution in [-0.4, -0.2) is 72.6 Å². The number of ether oxygens (including phenoxy) is 1. The highest BCUT2D eigenvalue weighted by molar-refractivity contribution is 5.96. The van der Waals surface area contributed by atoms with Crippen LogP contribution in [0.3, 0.4) is 0 Å². The van der Waals surface area contributed by atoms with E-state index in [1.807, 2.05) is 4.90 Å². The van der Waals surface area contributed by atoms with Crippen LogP contribution in [0, 0.1) is 16.0 Å². The normalized spacial score (nSPS) is 17.9. The maximum Gasteiger partial charge on any atom is 0.409 e. The lowest BCUT2D eigenvalue weighted by Crippen LogP contribution is -2.50. The van der Waals surface area contributed by atoms with E-state index in [9.17, 15) is 19.7 Å². The summed E-state index contributed by atoms with van der Waals surface area (Å²) in [6.07, 6.45) is 1.63. The number of carbonyl (C=O) groups excluding carboxylic acids is 2. The van der Waals surface area contributed by atoms with Crippen molar-refractivity contribution in [1.82, 2.24) is 9.80 Å². The highest BCUT2D eigenvalue weighted by Crippen LogP contribution is 2.32. The summed E-state index contributed by atoms with van der Waals surface area (Å²) >= 11 is 0. The van der Waals surface area contributed by atoms with E-state index in [4.69, 9.17) is 4.74 Å². The number of amides is 2. The molecule has 29 heavy (non-hydrogen) atoms. The number of anilines is 1. The Labute approximate surface area is 170 Å². The number of nitrogens with zero attached hydrogens (tertiary/aromatic N) is 4. The molecule has 9 heteroatoms. The monoisotopic (exact) mass is 404 g/mol. The average Bonchev–Trinajstić information content (AvgIpc) is 2.73. The number of rotatable bonds is 4. The number of nitro benzene ring substituents is 1. The lowest BCUT2D eigenvalue weighted by molar-refractivity contribution is -0.384. The standard InChI is InChI=1S/C20H28N4O5/c1-3-29-20(26)23-12-10-22(11-13-23)19(25)16-4-5-17(18(14-16)24(27)28)21-8-6-15(2)7-9-21/h4-5,14-15H,3,6-13H2,1-2H3. The molecule has 9 nitrogen and oxygen atoms in total. The van der Waals surface area contributed by atoms with Gasteiger partial charge in [-0.15, -0.1) is 0 Å². The second kappa shape index (κ2) is 9.11. The lowest BCUT2D eigenvalue weighted by atomic mass is 9.98. The summed E-state index contributed by atoms with van der Waals surface area (Å²) in [6, 6.07) is 4.74. The van der Waals surface area contributed by atoms with Crippen LogP contribution in [0.5, 0.6) is 0 Å². The van der Waals surface area contributed by atoms with Gasteiger partial charge in [0.15, 0.2) is 0 Å². The number of benzene rings is 1. The van der Waals surface area contributed by atoms with Crippen LogP contribution in [0.4, 0.5) is 16.2 Å². The van der Waals surface area contributed by atoms with E-state index in [-0.39, 0.29) is 17.7 Å². The number of piperidine rings is 1. The summed E-state index contributed by atoms with van der Waals surface area (Å²) in [5.74, 6) is 0.370. The summed E-state index contributed by atoms with van der Waals surface area (Å²) in [5.41, 5.74) is 0.844. The van der Waals surface area contributed by atoms with Gasteiger partial charge in [-0.3, -0.25) is 14.9 Å². The molecule has 0 bridgehead atoms. The molecule has 0 aromatic heterocycles. The fourth-order valence-corrected chi connectivity index (χ4v) is 3.81. The third kappa shape index (κ3) is 4.78. The molecule has 0 spiro atoms. The number of carbonyl (C=O) groups is 2. The second-order valence-electron chi connectivity index (χ2n) is 7.61. The highest BCUT2D eigenvalue weighted by atomic mass is 16.6. The maximum atomic E-state index is 12.9. The quantitative estimate of drug-likeness (QED) is 0.566. The first-order valence-corrected chi connectivity index (χ1v) is 10.1. The molecular weight excluding hydrogens is 376 g/mol. The van der Waals surface area contributed by atoms with Gasteiger partial charge in [0.05, 0.1) is 11.5 Å². The van der Waals surface area contributed by atoms with Crippen molar-refractivity contribution >= 4 is 23.4 Å². The van der Waals surface area contributed by atoms with Crippen LogP contribution in [-0.2, 0) is 4.74 Å². The second-order valence-corrected chi connectivity index (χ2v) is 7.61. The Kier molecular flexibility index (Phi) is 6.56. The number of hydrogen-bond acceptors (Lipinski definition) is 6. The molecule has 1 aromatic rings. The van der Waals surface area contributed by atoms with Crippen molar-refractivity contribution in [3.8, 4) is 0 Å². The maximum absolute atomic E-state index is 12.9. The molecule has 2 aliphatic rings. The Morgan fingerprint density at radius 2 is 1.72 bits per heavy atom. The van der Waals surface area contributed by atoms with Gasteiger partial charge in [-0.1, -0.05) is 6.92 Å². The average molecular weight is 404 g/mol. The zero-order valence-corrected chi connectivity index (χ0v) is 17.0. The zero-order chi connectivity index (χ0) is 21.0. The van der Waals surface area contributed by atoms with Gasteiger partial charge < -0.3 is 19.4 Å². The molecule has 2 heterocycles. The smallest absolute Gasteiger partial charge is 0.409 e. The van der Waals surface area contributed by atoms with Crippen molar-refractivity contribution in [3.63, 3.8) is 0 Å². The van der Waals surface area contributed by atoms with Crippen molar-refractivity contribution in [2.45, 2.75) is 26.7 Å². The number of hydrogen-bond donors (Lipinski definition) is 0. The van der Waals surface area contributed by atoms with Gasteiger partial charge in [0.25, 0.3) is 11.6 Å². The molecule has 3 rings (SSSR count). The van der Waals surface area contributed by atoms with Gasteiger partial charge in [0.2, 0.25) is 0 Å². The predicted molar refractivity (Wildman–Crippen MR) is 108 cm³/mol. The Bertz CT molecular complexity index is 768. The first-order valence-electron chi connectivity index (χ1n) is 10.1. The zero-order valence-electron chi connectivity index (χ0n) is 17.0. The first-order chi connectivity index (χ1) is 13.9. The van der Waals surface area contributed by atoms with Gasteiger partial charge in [0, 0.05) is 50.9 Å². The van der Waals surface area contributed by atoms with Gasteiger partial charge in [-0.25, -0.2) is 4.79 Å². The fraction of sp³-hybridized carbons (Fsp3) is 0.600. The Hall–Kier alpha value is -2.84. The van der Waals surface area contributed by atoms with Crippen LogP contribution in [0.15, 0.2) is 18.2 Å². The summed E-state index contributed by atoms with van der Waals surface area (Å²) in [7, 11) is 0. The van der Waals surface area contributed by atoms with Crippen LogP contribution >= 0.6 is 0 Å². The van der Waals surface area contributed by atoms with Crippen molar-refractivity contribution < 1.29 is 19.2 Å². The Morgan fingerprint density at radius 1 is 1.10 bits per heavy atom. The first kappa shape index (κ1) is 20.9. The Morgan fingerprint density at radius 3 is 2.31 bits per heavy atom. The van der Waals surface area contributed by atoms with Crippen molar-refractivity contribution in [3.05, 3.63) is 33.9 Å². The Balaban J connectivity index is 1.71. The number of piperazine rings is 1. The SMILES string of the molecule is CCOC(=O)N1CCN(C(=O)c2ccc(N3CCC(C)CC3)c([N+](=O)[O-])c2)CC1. The molecule has 2 aliphatic heterocycles.